The second kappa shape index (κ2) is 5.27. The highest BCUT2D eigenvalue weighted by atomic mass is 15.3. The third-order valence-electron chi connectivity index (χ3n) is 4.68. The average molecular weight is 294 g/mol. The number of anilines is 3. The Morgan fingerprint density at radius 1 is 1.09 bits per heavy atom. The van der Waals surface area contributed by atoms with E-state index in [4.69, 9.17) is 9.97 Å². The van der Waals surface area contributed by atoms with Crippen molar-refractivity contribution in [1.82, 2.24) is 9.97 Å². The van der Waals surface area contributed by atoms with Crippen LogP contribution in [0.5, 0.6) is 0 Å². The fourth-order valence-electron chi connectivity index (χ4n) is 3.62. The van der Waals surface area contributed by atoms with Crippen LogP contribution in [-0.4, -0.2) is 29.1 Å². The summed E-state index contributed by atoms with van der Waals surface area (Å²) in [6, 6.07) is 11.1. The van der Waals surface area contributed by atoms with Gasteiger partial charge in [-0.15, -0.1) is 0 Å². The molecule has 1 unspecified atom stereocenters. The summed E-state index contributed by atoms with van der Waals surface area (Å²) in [6.45, 7) is 6.54. The smallest absolute Gasteiger partial charge is 0.232 e. The molecule has 0 amide bonds. The highest BCUT2D eigenvalue weighted by Gasteiger charge is 2.29. The SMILES string of the molecule is Cc1cc(N2CCCC2)nc(N2c3ccccc3CC2C)n1. The second-order valence-electron chi connectivity index (χ2n) is 6.41. The molecule has 0 spiro atoms. The number of aryl methyl sites for hydroxylation is 1. The van der Waals surface area contributed by atoms with Crippen molar-refractivity contribution >= 4 is 17.5 Å². The van der Waals surface area contributed by atoms with E-state index in [0.717, 1.165) is 37.0 Å². The van der Waals surface area contributed by atoms with Gasteiger partial charge in [-0.25, -0.2) is 4.98 Å². The molecule has 1 atom stereocenters. The molecule has 3 heterocycles. The van der Waals surface area contributed by atoms with E-state index in [1.54, 1.807) is 0 Å². The standard InChI is InChI=1S/C18H22N4/c1-13-11-17(21-9-5-6-10-21)20-18(19-13)22-14(2)12-15-7-3-4-8-16(15)22/h3-4,7-8,11,14H,5-6,9-10,12H2,1-2H3. The number of hydrogen-bond acceptors (Lipinski definition) is 4. The molecule has 0 aliphatic carbocycles. The van der Waals surface area contributed by atoms with Crippen LogP contribution in [0.4, 0.5) is 17.5 Å². The first kappa shape index (κ1) is 13.6. The molecular weight excluding hydrogens is 272 g/mol. The molecule has 0 N–H and O–H groups in total. The Hall–Kier alpha value is -2.10. The van der Waals surface area contributed by atoms with Gasteiger partial charge in [-0.05, 0) is 44.7 Å². The first-order valence-electron chi connectivity index (χ1n) is 8.20. The fraction of sp³-hybridized carbons (Fsp3) is 0.444. The molecule has 4 rings (SSSR count). The number of fused-ring (bicyclic) bond motifs is 1. The Morgan fingerprint density at radius 2 is 1.86 bits per heavy atom. The molecule has 0 saturated carbocycles. The van der Waals surface area contributed by atoms with Gasteiger partial charge in [-0.1, -0.05) is 18.2 Å². The predicted octanol–water partition coefficient (Wildman–Crippen LogP) is 3.47. The number of rotatable bonds is 2. The Labute approximate surface area is 131 Å². The fourth-order valence-corrected chi connectivity index (χ4v) is 3.62. The van der Waals surface area contributed by atoms with Gasteiger partial charge in [0.15, 0.2) is 0 Å². The zero-order valence-corrected chi connectivity index (χ0v) is 13.3. The summed E-state index contributed by atoms with van der Waals surface area (Å²) in [5.74, 6) is 1.93. The van der Waals surface area contributed by atoms with E-state index in [0.29, 0.717) is 6.04 Å². The first-order valence-corrected chi connectivity index (χ1v) is 8.20. The maximum Gasteiger partial charge on any atom is 0.232 e. The zero-order chi connectivity index (χ0) is 15.1. The monoisotopic (exact) mass is 294 g/mol. The van der Waals surface area contributed by atoms with Crippen LogP contribution in [0.25, 0.3) is 0 Å². The Balaban J connectivity index is 1.76. The minimum Gasteiger partial charge on any atom is -0.356 e. The molecule has 4 heteroatoms. The molecule has 22 heavy (non-hydrogen) atoms. The van der Waals surface area contributed by atoms with Crippen LogP contribution in [0, 0.1) is 6.92 Å². The Morgan fingerprint density at radius 3 is 2.68 bits per heavy atom. The molecule has 1 aromatic heterocycles. The van der Waals surface area contributed by atoms with E-state index < -0.39 is 0 Å². The van der Waals surface area contributed by atoms with Crippen LogP contribution < -0.4 is 9.80 Å². The number of para-hydroxylation sites is 1. The molecule has 4 nitrogen and oxygen atoms in total. The summed E-state index contributed by atoms with van der Waals surface area (Å²) < 4.78 is 0. The number of nitrogens with zero attached hydrogens (tertiary/aromatic N) is 4. The molecule has 1 aromatic carbocycles. The van der Waals surface area contributed by atoms with Gasteiger partial charge in [-0.3, -0.25) is 0 Å². The summed E-state index contributed by atoms with van der Waals surface area (Å²) in [5, 5.41) is 0. The molecule has 0 bridgehead atoms. The highest BCUT2D eigenvalue weighted by molar-refractivity contribution is 5.67. The summed E-state index contributed by atoms with van der Waals surface area (Å²) in [7, 11) is 0. The summed E-state index contributed by atoms with van der Waals surface area (Å²) in [5.41, 5.74) is 3.69. The van der Waals surface area contributed by atoms with Crippen molar-refractivity contribution in [3.8, 4) is 0 Å². The molecule has 1 fully saturated rings. The first-order chi connectivity index (χ1) is 10.7. The van der Waals surface area contributed by atoms with Crippen LogP contribution in [0.3, 0.4) is 0 Å². The van der Waals surface area contributed by atoms with Gasteiger partial charge in [-0.2, -0.15) is 4.98 Å². The van der Waals surface area contributed by atoms with Gasteiger partial charge in [0, 0.05) is 36.6 Å². The van der Waals surface area contributed by atoms with E-state index in [1.807, 2.05) is 0 Å². The maximum atomic E-state index is 4.89. The van der Waals surface area contributed by atoms with E-state index in [-0.39, 0.29) is 0 Å². The third kappa shape index (κ3) is 2.23. The number of benzene rings is 1. The number of hydrogen-bond donors (Lipinski definition) is 0. The lowest BCUT2D eigenvalue weighted by molar-refractivity contribution is 0.736. The molecule has 114 valence electrons. The van der Waals surface area contributed by atoms with Gasteiger partial charge in [0.25, 0.3) is 0 Å². The maximum absolute atomic E-state index is 4.89. The zero-order valence-electron chi connectivity index (χ0n) is 13.3. The van der Waals surface area contributed by atoms with E-state index in [9.17, 15) is 0 Å². The van der Waals surface area contributed by atoms with Crippen LogP contribution in [0.1, 0.15) is 31.0 Å². The van der Waals surface area contributed by atoms with Crippen molar-refractivity contribution in [3.05, 3.63) is 41.6 Å². The van der Waals surface area contributed by atoms with Crippen molar-refractivity contribution in [2.45, 2.75) is 39.2 Å². The van der Waals surface area contributed by atoms with Crippen LogP contribution in [0.15, 0.2) is 30.3 Å². The highest BCUT2D eigenvalue weighted by Crippen LogP contribution is 2.37. The quantitative estimate of drug-likeness (QED) is 0.849. The van der Waals surface area contributed by atoms with Crippen molar-refractivity contribution in [2.24, 2.45) is 0 Å². The van der Waals surface area contributed by atoms with Gasteiger partial charge in [0.2, 0.25) is 5.95 Å². The van der Waals surface area contributed by atoms with Crippen molar-refractivity contribution < 1.29 is 0 Å². The Kier molecular flexibility index (Phi) is 3.25. The van der Waals surface area contributed by atoms with E-state index in [1.165, 1.54) is 24.1 Å². The minimum absolute atomic E-state index is 0.408. The normalized spacial score (nSPS) is 20.5. The van der Waals surface area contributed by atoms with Crippen molar-refractivity contribution in [3.63, 3.8) is 0 Å². The molecule has 2 aliphatic heterocycles. The predicted molar refractivity (Wildman–Crippen MR) is 90.0 cm³/mol. The third-order valence-corrected chi connectivity index (χ3v) is 4.68. The summed E-state index contributed by atoms with van der Waals surface area (Å²) in [4.78, 5) is 14.3. The van der Waals surface area contributed by atoms with Crippen LogP contribution in [-0.2, 0) is 6.42 Å². The topological polar surface area (TPSA) is 32.3 Å². The minimum atomic E-state index is 0.408. The van der Waals surface area contributed by atoms with Gasteiger partial charge >= 0.3 is 0 Å². The van der Waals surface area contributed by atoms with Gasteiger partial charge in [0.05, 0.1) is 0 Å². The Bertz CT molecular complexity index is 691. The summed E-state index contributed by atoms with van der Waals surface area (Å²) in [6.07, 6.45) is 3.59. The van der Waals surface area contributed by atoms with Crippen molar-refractivity contribution in [2.75, 3.05) is 22.9 Å². The van der Waals surface area contributed by atoms with Gasteiger partial charge in [0.1, 0.15) is 5.82 Å². The van der Waals surface area contributed by atoms with Gasteiger partial charge < -0.3 is 9.80 Å². The molecule has 1 saturated heterocycles. The lowest BCUT2D eigenvalue weighted by Gasteiger charge is -2.25. The van der Waals surface area contributed by atoms with Crippen LogP contribution in [0.2, 0.25) is 0 Å². The lowest BCUT2D eigenvalue weighted by atomic mass is 10.1. The average Bonchev–Trinajstić information content (AvgIpc) is 3.13. The van der Waals surface area contributed by atoms with Crippen molar-refractivity contribution in [1.29, 1.82) is 0 Å². The summed E-state index contributed by atoms with van der Waals surface area (Å²) >= 11 is 0. The number of aromatic nitrogens is 2. The molecule has 2 aromatic rings. The molecule has 0 radical (unpaired) electrons. The largest absolute Gasteiger partial charge is 0.356 e. The lowest BCUT2D eigenvalue weighted by Crippen LogP contribution is -2.27. The van der Waals surface area contributed by atoms with E-state index in [2.05, 4.69) is 54.0 Å². The molecule has 2 aliphatic rings. The van der Waals surface area contributed by atoms with E-state index >= 15 is 0 Å². The van der Waals surface area contributed by atoms with Crippen LogP contribution >= 0.6 is 0 Å². The second-order valence-corrected chi connectivity index (χ2v) is 6.41. The molecular formula is C18H22N4.